The molecule has 1 aliphatic rings. The van der Waals surface area contributed by atoms with E-state index in [-0.39, 0.29) is 0 Å². The van der Waals surface area contributed by atoms with Crippen molar-refractivity contribution in [3.63, 3.8) is 0 Å². The molecule has 1 N–H and O–H groups in total. The first kappa shape index (κ1) is 24.5. The number of rotatable bonds is 20. The van der Waals surface area contributed by atoms with Crippen molar-refractivity contribution in [3.05, 3.63) is 0 Å². The molecule has 0 aromatic heterocycles. The molecular formula is C24H48N2O. The van der Waals surface area contributed by atoms with Crippen LogP contribution in [-0.2, 0) is 4.79 Å². The Bertz CT molecular complexity index is 332. The van der Waals surface area contributed by atoms with Crippen LogP contribution in [-0.4, -0.2) is 37.0 Å². The number of carbonyl (C=O) groups excluding carboxylic acids is 1. The zero-order chi connectivity index (χ0) is 19.4. The summed E-state index contributed by atoms with van der Waals surface area (Å²) < 4.78 is 0. The van der Waals surface area contributed by atoms with Crippen LogP contribution < -0.4 is 5.32 Å². The highest BCUT2D eigenvalue weighted by molar-refractivity contribution is 5.78. The number of nitrogens with one attached hydrogen (secondary N) is 1. The van der Waals surface area contributed by atoms with Crippen molar-refractivity contribution in [3.8, 4) is 0 Å². The van der Waals surface area contributed by atoms with Crippen LogP contribution in [0.15, 0.2) is 0 Å². The monoisotopic (exact) mass is 380 g/mol. The molecule has 0 bridgehead atoms. The fraction of sp³-hybridized carbons (Fsp3) is 0.958. The molecule has 3 nitrogen and oxygen atoms in total. The Morgan fingerprint density at radius 2 is 1.19 bits per heavy atom. The minimum absolute atomic E-state index is 0.346. The molecular weight excluding hydrogens is 332 g/mol. The smallest absolute Gasteiger partial charge is 0.222 e. The van der Waals surface area contributed by atoms with Crippen molar-refractivity contribution in [2.45, 2.75) is 122 Å². The van der Waals surface area contributed by atoms with Gasteiger partial charge in [0.05, 0.1) is 0 Å². The molecule has 0 aromatic rings. The first-order chi connectivity index (χ1) is 13.3. The van der Waals surface area contributed by atoms with Crippen LogP contribution in [0.5, 0.6) is 0 Å². The zero-order valence-corrected chi connectivity index (χ0v) is 18.4. The van der Waals surface area contributed by atoms with Gasteiger partial charge in [-0.15, -0.1) is 0 Å². The normalized spacial score (nSPS) is 14.4. The number of carbonyl (C=O) groups is 1. The van der Waals surface area contributed by atoms with Crippen molar-refractivity contribution in [1.82, 2.24) is 10.2 Å². The number of nitrogens with zero attached hydrogens (tertiary/aromatic N) is 1. The van der Waals surface area contributed by atoms with E-state index in [1.807, 2.05) is 4.90 Å². The Morgan fingerprint density at radius 1 is 0.704 bits per heavy atom. The number of unbranched alkanes of at least 4 members (excludes halogenated alkanes) is 15. The SMILES string of the molecule is CCCCCCCCCCCCCCCCCCNCCN1CCCC1=O. The summed E-state index contributed by atoms with van der Waals surface area (Å²) in [4.78, 5) is 13.5. The van der Waals surface area contributed by atoms with Gasteiger partial charge >= 0.3 is 0 Å². The van der Waals surface area contributed by atoms with Gasteiger partial charge in [0.15, 0.2) is 0 Å². The molecule has 1 saturated heterocycles. The third-order valence-corrected chi connectivity index (χ3v) is 5.94. The van der Waals surface area contributed by atoms with Crippen molar-refractivity contribution in [1.29, 1.82) is 0 Å². The van der Waals surface area contributed by atoms with E-state index < -0.39 is 0 Å². The lowest BCUT2D eigenvalue weighted by molar-refractivity contribution is -0.127. The second-order valence-corrected chi connectivity index (χ2v) is 8.54. The van der Waals surface area contributed by atoms with Gasteiger partial charge < -0.3 is 10.2 Å². The van der Waals surface area contributed by atoms with Gasteiger partial charge in [-0.1, -0.05) is 103 Å². The summed E-state index contributed by atoms with van der Waals surface area (Å²) in [7, 11) is 0. The predicted octanol–water partition coefficient (Wildman–Crippen LogP) is 6.46. The summed E-state index contributed by atoms with van der Waals surface area (Å²) in [6.07, 6.45) is 24.6. The Labute approximate surface area is 170 Å². The summed E-state index contributed by atoms with van der Waals surface area (Å²) in [5, 5.41) is 3.49. The van der Waals surface area contributed by atoms with E-state index in [9.17, 15) is 4.79 Å². The molecule has 0 atom stereocenters. The van der Waals surface area contributed by atoms with Gasteiger partial charge in [-0.3, -0.25) is 4.79 Å². The lowest BCUT2D eigenvalue weighted by atomic mass is 10.0. The fourth-order valence-corrected chi connectivity index (χ4v) is 4.08. The maximum atomic E-state index is 11.5. The van der Waals surface area contributed by atoms with Gasteiger partial charge in [0.1, 0.15) is 0 Å². The number of likely N-dealkylation sites (tertiary alicyclic amines) is 1. The number of hydrogen-bond donors (Lipinski definition) is 1. The van der Waals surface area contributed by atoms with Gasteiger partial charge in [-0.25, -0.2) is 0 Å². The molecule has 1 fully saturated rings. The van der Waals surface area contributed by atoms with E-state index in [1.54, 1.807) is 0 Å². The van der Waals surface area contributed by atoms with E-state index >= 15 is 0 Å². The molecule has 0 spiro atoms. The van der Waals surface area contributed by atoms with E-state index in [4.69, 9.17) is 0 Å². The fourth-order valence-electron chi connectivity index (χ4n) is 4.08. The standard InChI is InChI=1S/C24H48N2O/c1-2-3-4-5-6-7-8-9-10-11-12-13-14-15-16-17-20-25-21-23-26-22-18-19-24(26)27/h25H,2-23H2,1H3. The quantitative estimate of drug-likeness (QED) is 0.246. The molecule has 1 amide bonds. The van der Waals surface area contributed by atoms with E-state index in [1.165, 1.54) is 103 Å². The minimum Gasteiger partial charge on any atom is -0.341 e. The molecule has 0 aliphatic carbocycles. The second kappa shape index (κ2) is 18.8. The van der Waals surface area contributed by atoms with E-state index in [2.05, 4.69) is 12.2 Å². The maximum absolute atomic E-state index is 11.5. The first-order valence-electron chi connectivity index (χ1n) is 12.3. The van der Waals surface area contributed by atoms with Gasteiger partial charge in [-0.2, -0.15) is 0 Å². The first-order valence-corrected chi connectivity index (χ1v) is 12.3. The molecule has 3 heteroatoms. The summed E-state index contributed by atoms with van der Waals surface area (Å²) in [5.41, 5.74) is 0. The zero-order valence-electron chi connectivity index (χ0n) is 18.4. The molecule has 0 aromatic carbocycles. The average Bonchev–Trinajstić information content (AvgIpc) is 3.08. The number of amides is 1. The molecule has 0 saturated carbocycles. The third kappa shape index (κ3) is 15.1. The largest absolute Gasteiger partial charge is 0.341 e. The van der Waals surface area contributed by atoms with Crippen LogP contribution in [0.25, 0.3) is 0 Å². The topological polar surface area (TPSA) is 32.3 Å². The van der Waals surface area contributed by atoms with Gasteiger partial charge in [0.2, 0.25) is 5.91 Å². The summed E-state index contributed by atoms with van der Waals surface area (Å²) >= 11 is 0. The molecule has 1 aliphatic heterocycles. The lowest BCUT2D eigenvalue weighted by Gasteiger charge is -2.15. The van der Waals surface area contributed by atoms with Crippen molar-refractivity contribution in [2.75, 3.05) is 26.2 Å². The Balaban J connectivity index is 1.66. The molecule has 0 radical (unpaired) electrons. The van der Waals surface area contributed by atoms with Gasteiger partial charge in [0.25, 0.3) is 0 Å². The van der Waals surface area contributed by atoms with Crippen molar-refractivity contribution >= 4 is 5.91 Å². The summed E-state index contributed by atoms with van der Waals surface area (Å²) in [6.45, 7) is 6.24. The predicted molar refractivity (Wildman–Crippen MR) is 118 cm³/mol. The van der Waals surface area contributed by atoms with Crippen LogP contribution in [0.4, 0.5) is 0 Å². The highest BCUT2D eigenvalue weighted by Crippen LogP contribution is 2.13. The molecule has 160 valence electrons. The summed E-state index contributed by atoms with van der Waals surface area (Å²) in [6, 6.07) is 0. The highest BCUT2D eigenvalue weighted by atomic mass is 16.2. The Hall–Kier alpha value is -0.570. The third-order valence-electron chi connectivity index (χ3n) is 5.94. The van der Waals surface area contributed by atoms with Gasteiger partial charge in [0, 0.05) is 26.1 Å². The van der Waals surface area contributed by atoms with Crippen molar-refractivity contribution in [2.24, 2.45) is 0 Å². The average molecular weight is 381 g/mol. The van der Waals surface area contributed by atoms with E-state index in [0.717, 1.165) is 39.0 Å². The van der Waals surface area contributed by atoms with E-state index in [0.29, 0.717) is 5.91 Å². The van der Waals surface area contributed by atoms with Crippen LogP contribution in [0.1, 0.15) is 122 Å². The molecule has 1 rings (SSSR count). The molecule has 0 unspecified atom stereocenters. The number of hydrogen-bond acceptors (Lipinski definition) is 2. The van der Waals surface area contributed by atoms with Crippen molar-refractivity contribution < 1.29 is 4.79 Å². The minimum atomic E-state index is 0.346. The van der Waals surface area contributed by atoms with Crippen LogP contribution in [0, 0.1) is 0 Å². The van der Waals surface area contributed by atoms with Crippen LogP contribution in [0.2, 0.25) is 0 Å². The van der Waals surface area contributed by atoms with Crippen LogP contribution in [0.3, 0.4) is 0 Å². The Kier molecular flexibility index (Phi) is 17.0. The lowest BCUT2D eigenvalue weighted by Crippen LogP contribution is -2.33. The Morgan fingerprint density at radius 3 is 1.63 bits per heavy atom. The second-order valence-electron chi connectivity index (χ2n) is 8.54. The van der Waals surface area contributed by atoms with Gasteiger partial charge in [-0.05, 0) is 19.4 Å². The maximum Gasteiger partial charge on any atom is 0.222 e. The highest BCUT2D eigenvalue weighted by Gasteiger charge is 2.18. The molecule has 1 heterocycles. The molecule has 27 heavy (non-hydrogen) atoms. The van der Waals surface area contributed by atoms with Crippen LogP contribution >= 0.6 is 0 Å². The summed E-state index contributed by atoms with van der Waals surface area (Å²) in [5.74, 6) is 0.346.